The van der Waals surface area contributed by atoms with E-state index in [0.29, 0.717) is 5.92 Å². The van der Waals surface area contributed by atoms with Gasteiger partial charge in [0.1, 0.15) is 0 Å². The van der Waals surface area contributed by atoms with Crippen molar-refractivity contribution >= 4 is 0 Å². The van der Waals surface area contributed by atoms with Gasteiger partial charge in [-0.15, -0.1) is 6.42 Å². The van der Waals surface area contributed by atoms with Crippen molar-refractivity contribution in [2.45, 2.75) is 72.6 Å². The lowest BCUT2D eigenvalue weighted by Gasteiger charge is -2.07. The first-order chi connectivity index (χ1) is 10.5. The van der Waals surface area contributed by atoms with Crippen LogP contribution in [0.15, 0.2) is 34.9 Å². The van der Waals surface area contributed by atoms with Gasteiger partial charge in [0.25, 0.3) is 0 Å². The van der Waals surface area contributed by atoms with Gasteiger partial charge < -0.3 is 5.73 Å². The molecule has 0 aliphatic carbocycles. The Balaban J connectivity index is 4.57. The minimum Gasteiger partial charge on any atom is -0.330 e. The van der Waals surface area contributed by atoms with Crippen LogP contribution in [0.3, 0.4) is 0 Å². The summed E-state index contributed by atoms with van der Waals surface area (Å²) >= 11 is 0. The summed E-state index contributed by atoms with van der Waals surface area (Å²) in [7, 11) is 0. The Labute approximate surface area is 138 Å². The number of nitrogens with two attached hydrogens (primary N) is 1. The highest BCUT2D eigenvalue weighted by molar-refractivity contribution is 5.31. The molecule has 0 aromatic rings. The summed E-state index contributed by atoms with van der Waals surface area (Å²) in [5, 5.41) is 0. The SMILES string of the molecule is C#C/C(=C/C=C(/C)C(C)C)CC/C(=C/CCCCN)CCC. The maximum absolute atomic E-state index is 5.65. The standard InChI is InChI=1S/C21H35N/c1-6-11-21(12-9-8-10-17-22)16-15-20(7-2)14-13-19(5)18(3)4/h2,12-14,18H,6,8-11,15-17,22H2,1,3-5H3/b19-13-,20-14-,21-12+. The van der Waals surface area contributed by atoms with Crippen molar-refractivity contribution in [3.05, 3.63) is 34.9 Å². The molecule has 0 rings (SSSR count). The Morgan fingerprint density at radius 2 is 1.86 bits per heavy atom. The number of hydrogen-bond donors (Lipinski definition) is 1. The molecule has 0 aromatic heterocycles. The maximum atomic E-state index is 5.65. The molecule has 0 heterocycles. The van der Waals surface area contributed by atoms with Crippen molar-refractivity contribution in [1.82, 2.24) is 0 Å². The number of rotatable bonds is 11. The quantitative estimate of drug-likeness (QED) is 0.222. The van der Waals surface area contributed by atoms with E-state index in [0.717, 1.165) is 37.8 Å². The van der Waals surface area contributed by atoms with Crippen LogP contribution in [0, 0.1) is 18.3 Å². The second-order valence-corrected chi connectivity index (χ2v) is 6.30. The van der Waals surface area contributed by atoms with E-state index in [9.17, 15) is 0 Å². The fourth-order valence-corrected chi connectivity index (χ4v) is 2.17. The van der Waals surface area contributed by atoms with Crippen LogP contribution >= 0.6 is 0 Å². The van der Waals surface area contributed by atoms with Gasteiger partial charge in [-0.05, 0) is 57.9 Å². The number of terminal acetylenes is 1. The zero-order valence-electron chi connectivity index (χ0n) is 15.1. The van der Waals surface area contributed by atoms with E-state index in [1.54, 1.807) is 5.57 Å². The maximum Gasteiger partial charge on any atom is 0.00207 e. The lowest BCUT2D eigenvalue weighted by Crippen LogP contribution is -1.97. The Kier molecular flexibility index (Phi) is 12.6. The van der Waals surface area contributed by atoms with E-state index in [4.69, 9.17) is 12.2 Å². The first-order valence-corrected chi connectivity index (χ1v) is 8.77. The Morgan fingerprint density at radius 1 is 1.14 bits per heavy atom. The normalized spacial score (nSPS) is 13.6. The highest BCUT2D eigenvalue weighted by atomic mass is 14.5. The molecule has 1 heteroatoms. The van der Waals surface area contributed by atoms with Crippen LogP contribution in [-0.4, -0.2) is 6.54 Å². The lowest BCUT2D eigenvalue weighted by molar-refractivity contribution is 0.742. The minimum atomic E-state index is 0.577. The molecule has 0 unspecified atom stereocenters. The molecule has 0 bridgehead atoms. The minimum absolute atomic E-state index is 0.577. The van der Waals surface area contributed by atoms with E-state index in [-0.39, 0.29) is 0 Å². The number of hydrogen-bond acceptors (Lipinski definition) is 1. The van der Waals surface area contributed by atoms with E-state index in [2.05, 4.69) is 51.8 Å². The topological polar surface area (TPSA) is 26.0 Å². The van der Waals surface area contributed by atoms with Gasteiger partial charge >= 0.3 is 0 Å². The molecule has 0 atom stereocenters. The molecule has 0 aromatic carbocycles. The smallest absolute Gasteiger partial charge is 0.00207 e. The molecule has 0 saturated heterocycles. The summed E-state index contributed by atoms with van der Waals surface area (Å²) < 4.78 is 0. The van der Waals surface area contributed by atoms with Gasteiger partial charge in [-0.3, -0.25) is 0 Å². The molecular weight excluding hydrogens is 266 g/mol. The largest absolute Gasteiger partial charge is 0.330 e. The van der Waals surface area contributed by atoms with Crippen LogP contribution in [0.1, 0.15) is 72.6 Å². The molecular formula is C21H35N. The molecule has 0 aliphatic heterocycles. The number of allylic oxidation sites excluding steroid dienone is 6. The van der Waals surface area contributed by atoms with Crippen LogP contribution in [0.5, 0.6) is 0 Å². The lowest BCUT2D eigenvalue weighted by atomic mass is 9.98. The van der Waals surface area contributed by atoms with Gasteiger partial charge in [0.15, 0.2) is 0 Å². The van der Waals surface area contributed by atoms with Crippen LogP contribution in [0.4, 0.5) is 0 Å². The number of unbranched alkanes of at least 4 members (excludes halogenated alkanes) is 2. The zero-order valence-corrected chi connectivity index (χ0v) is 15.1. The van der Waals surface area contributed by atoms with Crippen molar-refractivity contribution in [1.29, 1.82) is 0 Å². The van der Waals surface area contributed by atoms with Crippen LogP contribution < -0.4 is 5.73 Å². The van der Waals surface area contributed by atoms with E-state index in [1.165, 1.54) is 24.8 Å². The zero-order chi connectivity index (χ0) is 16.8. The summed E-state index contributed by atoms with van der Waals surface area (Å²) in [6, 6.07) is 0. The van der Waals surface area contributed by atoms with Crippen molar-refractivity contribution in [3.8, 4) is 12.3 Å². The van der Waals surface area contributed by atoms with Crippen molar-refractivity contribution in [2.75, 3.05) is 6.54 Å². The molecule has 2 N–H and O–H groups in total. The Hall–Kier alpha value is -1.26. The van der Waals surface area contributed by atoms with Gasteiger partial charge in [-0.2, -0.15) is 0 Å². The van der Waals surface area contributed by atoms with E-state index < -0.39 is 0 Å². The molecule has 124 valence electrons. The third kappa shape index (κ3) is 10.5. The van der Waals surface area contributed by atoms with Crippen LogP contribution in [0.2, 0.25) is 0 Å². The predicted molar refractivity (Wildman–Crippen MR) is 101 cm³/mol. The van der Waals surface area contributed by atoms with E-state index >= 15 is 0 Å². The summed E-state index contributed by atoms with van der Waals surface area (Å²) in [5.74, 6) is 3.42. The molecule has 0 fully saturated rings. The second-order valence-electron chi connectivity index (χ2n) is 6.30. The Morgan fingerprint density at radius 3 is 2.41 bits per heavy atom. The van der Waals surface area contributed by atoms with Crippen LogP contribution in [-0.2, 0) is 0 Å². The average Bonchev–Trinajstić information content (AvgIpc) is 2.50. The molecule has 22 heavy (non-hydrogen) atoms. The molecule has 0 spiro atoms. The summed E-state index contributed by atoms with van der Waals surface area (Å²) in [4.78, 5) is 0. The average molecular weight is 302 g/mol. The van der Waals surface area contributed by atoms with E-state index in [1.807, 2.05) is 0 Å². The molecule has 1 nitrogen and oxygen atoms in total. The Bertz CT molecular complexity index is 416. The van der Waals surface area contributed by atoms with Crippen molar-refractivity contribution in [2.24, 2.45) is 11.7 Å². The first-order valence-electron chi connectivity index (χ1n) is 8.77. The molecule has 0 saturated carbocycles. The summed E-state index contributed by atoms with van der Waals surface area (Å²) in [5.41, 5.74) is 9.56. The van der Waals surface area contributed by atoms with Gasteiger partial charge in [0.2, 0.25) is 0 Å². The van der Waals surface area contributed by atoms with Gasteiger partial charge in [0.05, 0.1) is 0 Å². The molecule has 0 amide bonds. The fraction of sp³-hybridized carbons (Fsp3) is 0.619. The monoisotopic (exact) mass is 301 g/mol. The fourth-order valence-electron chi connectivity index (χ4n) is 2.17. The second kappa shape index (κ2) is 13.4. The van der Waals surface area contributed by atoms with Gasteiger partial charge in [-0.25, -0.2) is 0 Å². The van der Waals surface area contributed by atoms with Gasteiger partial charge in [-0.1, -0.05) is 62.5 Å². The molecule has 0 aliphatic rings. The summed E-state index contributed by atoms with van der Waals surface area (Å²) in [6.07, 6.45) is 20.2. The van der Waals surface area contributed by atoms with Crippen LogP contribution in [0.25, 0.3) is 0 Å². The highest BCUT2D eigenvalue weighted by Crippen LogP contribution is 2.18. The van der Waals surface area contributed by atoms with Gasteiger partial charge in [0, 0.05) is 5.57 Å². The predicted octanol–water partition coefficient (Wildman–Crippen LogP) is 5.78. The summed E-state index contributed by atoms with van der Waals surface area (Å²) in [6.45, 7) is 9.61. The third-order valence-corrected chi connectivity index (χ3v) is 4.02. The highest BCUT2D eigenvalue weighted by Gasteiger charge is 2.00. The molecule has 0 radical (unpaired) electrons. The third-order valence-electron chi connectivity index (χ3n) is 4.02. The van der Waals surface area contributed by atoms with Crippen molar-refractivity contribution < 1.29 is 0 Å². The van der Waals surface area contributed by atoms with Crippen molar-refractivity contribution in [3.63, 3.8) is 0 Å². The first kappa shape index (κ1) is 20.7.